The molecule has 11 heteroatoms. The first kappa shape index (κ1) is 22.3. The summed E-state index contributed by atoms with van der Waals surface area (Å²) in [6.45, 7) is 2.71. The summed E-state index contributed by atoms with van der Waals surface area (Å²) < 4.78 is 1.20. The third-order valence-electron chi connectivity index (χ3n) is 5.12. The van der Waals surface area contributed by atoms with Crippen molar-refractivity contribution in [2.24, 2.45) is 0 Å². The molecule has 0 bridgehead atoms. The minimum atomic E-state index is -0.362. The SMILES string of the molecule is CCc1nnc(NCc2ccc(-c3ccccc3-c3nnnn3C(=O)c3sccc3Cl)cc2)s1. The number of anilines is 1. The highest BCUT2D eigenvalue weighted by molar-refractivity contribution is 7.15. The molecule has 1 N–H and O–H groups in total. The van der Waals surface area contributed by atoms with Crippen LogP contribution in [0.2, 0.25) is 5.02 Å². The number of benzene rings is 2. The highest BCUT2D eigenvalue weighted by Gasteiger charge is 2.22. The van der Waals surface area contributed by atoms with Crippen LogP contribution in [0.25, 0.3) is 22.5 Å². The lowest BCUT2D eigenvalue weighted by Gasteiger charge is -2.10. The van der Waals surface area contributed by atoms with Gasteiger partial charge in [0.25, 0.3) is 5.91 Å². The molecule has 0 aliphatic carbocycles. The van der Waals surface area contributed by atoms with E-state index in [0.29, 0.717) is 22.3 Å². The number of hydrogen-bond acceptors (Lipinski definition) is 9. The molecule has 0 aliphatic heterocycles. The van der Waals surface area contributed by atoms with Crippen LogP contribution in [0.5, 0.6) is 0 Å². The van der Waals surface area contributed by atoms with E-state index in [0.717, 1.165) is 38.8 Å². The number of halogens is 1. The summed E-state index contributed by atoms with van der Waals surface area (Å²) in [5.41, 5.74) is 3.77. The Bertz CT molecular complexity index is 1440. The van der Waals surface area contributed by atoms with Gasteiger partial charge in [0.15, 0.2) is 5.82 Å². The van der Waals surface area contributed by atoms with Crippen molar-refractivity contribution in [2.45, 2.75) is 19.9 Å². The number of carbonyl (C=O) groups excluding carboxylic acids is 1. The lowest BCUT2D eigenvalue weighted by atomic mass is 9.98. The predicted molar refractivity (Wildman–Crippen MR) is 134 cm³/mol. The second kappa shape index (κ2) is 9.80. The Hall–Kier alpha value is -3.47. The van der Waals surface area contributed by atoms with Crippen molar-refractivity contribution >= 4 is 45.3 Å². The third-order valence-corrected chi connectivity index (χ3v) is 7.47. The van der Waals surface area contributed by atoms with Crippen molar-refractivity contribution in [1.29, 1.82) is 0 Å². The van der Waals surface area contributed by atoms with Crippen LogP contribution < -0.4 is 5.32 Å². The topological polar surface area (TPSA) is 98.5 Å². The van der Waals surface area contributed by atoms with Crippen LogP contribution in [0.15, 0.2) is 60.0 Å². The van der Waals surface area contributed by atoms with Crippen molar-refractivity contribution < 1.29 is 4.79 Å². The number of nitrogens with one attached hydrogen (secondary N) is 1. The minimum Gasteiger partial charge on any atom is -0.356 e. The van der Waals surface area contributed by atoms with Gasteiger partial charge in [-0.05, 0) is 45.0 Å². The van der Waals surface area contributed by atoms with Crippen LogP contribution >= 0.6 is 34.3 Å². The zero-order chi connectivity index (χ0) is 23.5. The van der Waals surface area contributed by atoms with Gasteiger partial charge in [0.05, 0.1) is 5.02 Å². The number of aryl methyl sites for hydroxylation is 1. The number of thiophene rings is 1. The largest absolute Gasteiger partial charge is 0.356 e. The van der Waals surface area contributed by atoms with Gasteiger partial charge in [0.1, 0.15) is 9.88 Å². The summed E-state index contributed by atoms with van der Waals surface area (Å²) >= 11 is 8.98. The molecule has 0 atom stereocenters. The van der Waals surface area contributed by atoms with Crippen LogP contribution in [0.3, 0.4) is 0 Å². The maximum atomic E-state index is 13.0. The Morgan fingerprint density at radius 3 is 2.53 bits per heavy atom. The molecule has 5 rings (SSSR count). The van der Waals surface area contributed by atoms with E-state index < -0.39 is 0 Å². The van der Waals surface area contributed by atoms with E-state index in [1.165, 1.54) is 16.0 Å². The minimum absolute atomic E-state index is 0.360. The molecule has 0 unspecified atom stereocenters. The molecule has 3 heterocycles. The highest BCUT2D eigenvalue weighted by atomic mass is 35.5. The maximum absolute atomic E-state index is 13.0. The Labute approximate surface area is 208 Å². The molecular formula is C23H18ClN7OS2. The van der Waals surface area contributed by atoms with Crippen LogP contribution in [0.4, 0.5) is 5.13 Å². The van der Waals surface area contributed by atoms with Crippen LogP contribution in [0.1, 0.15) is 27.2 Å². The van der Waals surface area contributed by atoms with E-state index in [4.69, 9.17) is 11.6 Å². The number of rotatable bonds is 7. The molecule has 2 aromatic carbocycles. The summed E-state index contributed by atoms with van der Waals surface area (Å²) in [5.74, 6) is -0.00191. The van der Waals surface area contributed by atoms with E-state index >= 15 is 0 Å². The standard InChI is InChI=1S/C23H18ClN7OS2/c1-2-19-26-28-23(34-19)25-13-14-7-9-15(10-8-14)16-5-3-4-6-17(16)21-27-29-30-31(21)22(32)20-18(24)11-12-33-20/h3-12H,2,13H2,1H3,(H,25,28). The number of hydrogen-bond donors (Lipinski definition) is 1. The lowest BCUT2D eigenvalue weighted by molar-refractivity contribution is 0.0949. The van der Waals surface area contributed by atoms with Crippen molar-refractivity contribution in [3.8, 4) is 22.5 Å². The van der Waals surface area contributed by atoms with Gasteiger partial charge < -0.3 is 5.32 Å². The smallest absolute Gasteiger partial charge is 0.293 e. The molecule has 8 nitrogen and oxygen atoms in total. The van der Waals surface area contributed by atoms with E-state index in [-0.39, 0.29) is 5.91 Å². The fourth-order valence-corrected chi connectivity index (χ4v) is 5.15. The predicted octanol–water partition coefficient (Wildman–Crippen LogP) is 5.44. The first-order valence-corrected chi connectivity index (χ1v) is 12.5. The second-order valence-corrected chi connectivity index (χ2v) is 9.65. The molecule has 0 fully saturated rings. The number of tetrazole rings is 1. The fraction of sp³-hybridized carbons (Fsp3) is 0.130. The molecular weight excluding hydrogens is 490 g/mol. The molecule has 0 spiro atoms. The van der Waals surface area contributed by atoms with Gasteiger partial charge >= 0.3 is 0 Å². The normalized spacial score (nSPS) is 11.0. The third kappa shape index (κ3) is 4.47. The summed E-state index contributed by atoms with van der Waals surface area (Å²) in [7, 11) is 0. The average molecular weight is 508 g/mol. The Morgan fingerprint density at radius 2 is 1.82 bits per heavy atom. The van der Waals surface area contributed by atoms with Gasteiger partial charge in [-0.15, -0.1) is 26.6 Å². The van der Waals surface area contributed by atoms with Gasteiger partial charge in [-0.3, -0.25) is 4.79 Å². The quantitative estimate of drug-likeness (QED) is 0.293. The van der Waals surface area contributed by atoms with Crippen molar-refractivity contribution in [3.05, 3.63) is 80.4 Å². The second-order valence-electron chi connectivity index (χ2n) is 7.27. The Morgan fingerprint density at radius 1 is 1.03 bits per heavy atom. The van der Waals surface area contributed by atoms with Crippen LogP contribution in [-0.4, -0.2) is 36.3 Å². The first-order chi connectivity index (χ1) is 16.6. The number of nitrogens with zero attached hydrogens (tertiary/aromatic N) is 6. The van der Waals surface area contributed by atoms with E-state index in [9.17, 15) is 4.79 Å². The fourth-order valence-electron chi connectivity index (χ4n) is 3.41. The molecule has 0 amide bonds. The lowest BCUT2D eigenvalue weighted by Crippen LogP contribution is -2.14. The summed E-state index contributed by atoms with van der Waals surface area (Å²) in [6, 6.07) is 17.6. The Balaban J connectivity index is 1.40. The van der Waals surface area contributed by atoms with Gasteiger partial charge in [0.2, 0.25) is 5.13 Å². The van der Waals surface area contributed by atoms with Crippen molar-refractivity contribution in [2.75, 3.05) is 5.32 Å². The molecule has 170 valence electrons. The summed E-state index contributed by atoms with van der Waals surface area (Å²) in [4.78, 5) is 13.4. The molecule has 34 heavy (non-hydrogen) atoms. The highest BCUT2D eigenvalue weighted by Crippen LogP contribution is 2.32. The zero-order valence-corrected chi connectivity index (χ0v) is 20.4. The summed E-state index contributed by atoms with van der Waals surface area (Å²) in [6.07, 6.45) is 0.878. The number of aromatic nitrogens is 6. The van der Waals surface area contributed by atoms with Gasteiger partial charge in [-0.1, -0.05) is 78.4 Å². The van der Waals surface area contributed by atoms with Crippen LogP contribution in [0, 0.1) is 0 Å². The van der Waals surface area contributed by atoms with Gasteiger partial charge in [-0.2, -0.15) is 4.68 Å². The molecule has 0 aliphatic rings. The zero-order valence-electron chi connectivity index (χ0n) is 18.0. The van der Waals surface area contributed by atoms with Crippen molar-refractivity contribution in [1.82, 2.24) is 30.4 Å². The van der Waals surface area contributed by atoms with Gasteiger partial charge in [0, 0.05) is 12.1 Å². The average Bonchev–Trinajstić information content (AvgIpc) is 3.63. The van der Waals surface area contributed by atoms with Gasteiger partial charge in [-0.25, -0.2) is 0 Å². The summed E-state index contributed by atoms with van der Waals surface area (Å²) in [5, 5.41) is 27.4. The molecule has 0 saturated carbocycles. The maximum Gasteiger partial charge on any atom is 0.293 e. The van der Waals surface area contributed by atoms with Crippen LogP contribution in [-0.2, 0) is 13.0 Å². The van der Waals surface area contributed by atoms with E-state index in [2.05, 4.69) is 50.1 Å². The molecule has 3 aromatic heterocycles. The molecule has 5 aromatic rings. The number of carbonyl (C=O) groups is 1. The van der Waals surface area contributed by atoms with Crippen molar-refractivity contribution in [3.63, 3.8) is 0 Å². The molecule has 0 saturated heterocycles. The first-order valence-electron chi connectivity index (χ1n) is 10.4. The Kier molecular flexibility index (Phi) is 6.43. The molecule has 0 radical (unpaired) electrons. The van der Waals surface area contributed by atoms with E-state index in [1.807, 2.05) is 36.4 Å². The monoisotopic (exact) mass is 507 g/mol. The van der Waals surface area contributed by atoms with E-state index in [1.54, 1.807) is 22.8 Å².